The van der Waals surface area contributed by atoms with E-state index in [1.165, 1.54) is 12.1 Å². The van der Waals surface area contributed by atoms with Crippen molar-refractivity contribution in [2.45, 2.75) is 65.5 Å². The van der Waals surface area contributed by atoms with Crippen LogP contribution in [0.25, 0.3) is 0 Å². The minimum Gasteiger partial charge on any atom is -0.448 e. The van der Waals surface area contributed by atoms with Gasteiger partial charge in [0.25, 0.3) is 0 Å². The first-order valence-electron chi connectivity index (χ1n) is 14.6. The summed E-state index contributed by atoms with van der Waals surface area (Å²) in [5.41, 5.74) is -0.558. The highest BCUT2D eigenvalue weighted by atomic mass is 35.5. The first-order chi connectivity index (χ1) is 21.3. The summed E-state index contributed by atoms with van der Waals surface area (Å²) in [5.74, 6) is -2.03. The number of Topliss-reactive ketones (excluding diaryl/α,β-unsaturated/α-hetero) is 2. The van der Waals surface area contributed by atoms with Crippen LogP contribution in [-0.2, 0) is 20.5 Å². The number of ketones is 2. The molecule has 0 saturated heterocycles. The van der Waals surface area contributed by atoms with Crippen molar-refractivity contribution in [2.24, 2.45) is 10.8 Å². The van der Waals surface area contributed by atoms with Gasteiger partial charge in [-0.25, -0.2) is 0 Å². The van der Waals surface area contributed by atoms with Gasteiger partial charge in [0.2, 0.25) is 5.75 Å². The Morgan fingerprint density at radius 3 is 2.02 bits per heavy atom. The molecule has 0 aromatic heterocycles. The van der Waals surface area contributed by atoms with E-state index < -0.39 is 44.8 Å². The Morgan fingerprint density at radius 1 is 0.957 bits per heavy atom. The van der Waals surface area contributed by atoms with Crippen molar-refractivity contribution >= 4 is 40.5 Å². The molecule has 2 aromatic rings. The van der Waals surface area contributed by atoms with Crippen LogP contribution >= 0.6 is 23.2 Å². The Hall–Kier alpha value is -3.41. The summed E-state index contributed by atoms with van der Waals surface area (Å²) in [7, 11) is 1.57. The highest BCUT2D eigenvalue weighted by Crippen LogP contribution is 2.57. The fourth-order valence-corrected chi connectivity index (χ4v) is 7.29. The lowest BCUT2D eigenvalue weighted by Gasteiger charge is -2.49. The number of carbonyl (C=O) groups is 2. The molecular weight excluding hydrogens is 648 g/mol. The van der Waals surface area contributed by atoms with Gasteiger partial charge in [0, 0.05) is 71.6 Å². The molecular formula is C33H33Cl2F3N2O6. The monoisotopic (exact) mass is 680 g/mol. The maximum atomic E-state index is 14.1. The number of rotatable bonds is 7. The van der Waals surface area contributed by atoms with Crippen molar-refractivity contribution in [3.05, 3.63) is 84.2 Å². The summed E-state index contributed by atoms with van der Waals surface area (Å²) in [6.45, 7) is 8.69. The average Bonchev–Trinajstić information content (AvgIpc) is 2.91. The quantitative estimate of drug-likeness (QED) is 0.212. The van der Waals surface area contributed by atoms with Crippen LogP contribution in [0.15, 0.2) is 52.9 Å². The van der Waals surface area contributed by atoms with Crippen molar-refractivity contribution in [3.8, 4) is 11.5 Å². The molecule has 0 unspecified atom stereocenters. The fraction of sp³-hybridized carbons (Fsp3) is 0.455. The second-order valence-corrected chi connectivity index (χ2v) is 14.4. The first kappa shape index (κ1) is 33.9. The number of halogens is 5. The van der Waals surface area contributed by atoms with Gasteiger partial charge in [0.1, 0.15) is 0 Å². The lowest BCUT2D eigenvalue weighted by molar-refractivity contribution is -0.385. The molecule has 2 aliphatic carbocycles. The number of allylic oxidation sites excluding steroid dienone is 4. The SMILES string of the molecule is COCCN1C2=C(C(=O)CC(C)(C)C2)C(c2cc(Cl)cc(Cl)c2Oc2ccc(C(F)(F)F)cc2[N+](=O)[O-])C2=C1CC(C)(C)CC2=O. The zero-order valence-electron chi connectivity index (χ0n) is 25.9. The van der Waals surface area contributed by atoms with Crippen LogP contribution in [0, 0.1) is 20.9 Å². The zero-order valence-corrected chi connectivity index (χ0v) is 27.5. The highest BCUT2D eigenvalue weighted by Gasteiger charge is 2.50. The van der Waals surface area contributed by atoms with Gasteiger partial charge in [-0.1, -0.05) is 50.9 Å². The maximum Gasteiger partial charge on any atom is 0.416 e. The Bertz CT molecular complexity index is 1660. The summed E-state index contributed by atoms with van der Waals surface area (Å²) >= 11 is 13.2. The van der Waals surface area contributed by atoms with E-state index in [1.807, 2.05) is 32.6 Å². The predicted octanol–water partition coefficient (Wildman–Crippen LogP) is 9.04. The van der Waals surface area contributed by atoms with Gasteiger partial charge < -0.3 is 14.4 Å². The van der Waals surface area contributed by atoms with Crippen LogP contribution in [0.1, 0.15) is 70.4 Å². The van der Waals surface area contributed by atoms with Gasteiger partial charge in [-0.15, -0.1) is 0 Å². The van der Waals surface area contributed by atoms with E-state index >= 15 is 0 Å². The van der Waals surface area contributed by atoms with E-state index in [1.54, 1.807) is 7.11 Å². The maximum absolute atomic E-state index is 14.1. The molecule has 5 rings (SSSR count). The topological polar surface area (TPSA) is 99.0 Å². The van der Waals surface area contributed by atoms with Gasteiger partial charge in [-0.2, -0.15) is 13.2 Å². The molecule has 0 radical (unpaired) electrons. The van der Waals surface area contributed by atoms with Gasteiger partial charge in [0.15, 0.2) is 17.3 Å². The van der Waals surface area contributed by atoms with Crippen LogP contribution in [0.2, 0.25) is 10.0 Å². The zero-order chi connectivity index (χ0) is 33.9. The summed E-state index contributed by atoms with van der Waals surface area (Å²) in [6, 6.07) is 4.72. The number of benzene rings is 2. The average molecular weight is 682 g/mol. The number of hydrogen-bond donors (Lipinski definition) is 0. The first-order valence-corrected chi connectivity index (χ1v) is 15.4. The predicted molar refractivity (Wildman–Crippen MR) is 166 cm³/mol. The van der Waals surface area contributed by atoms with Crippen molar-refractivity contribution in [2.75, 3.05) is 20.3 Å². The molecule has 0 saturated carbocycles. The summed E-state index contributed by atoms with van der Waals surface area (Å²) in [6.07, 6.45) is -3.43. The van der Waals surface area contributed by atoms with Crippen LogP contribution in [0.5, 0.6) is 11.5 Å². The largest absolute Gasteiger partial charge is 0.448 e. The van der Waals surface area contributed by atoms with Crippen molar-refractivity contribution in [1.82, 2.24) is 4.90 Å². The molecule has 246 valence electrons. The molecule has 3 aliphatic rings. The van der Waals surface area contributed by atoms with Crippen LogP contribution in [0.4, 0.5) is 18.9 Å². The lowest BCUT2D eigenvalue weighted by atomic mass is 9.63. The Balaban J connectivity index is 1.79. The molecule has 8 nitrogen and oxygen atoms in total. The van der Waals surface area contributed by atoms with E-state index in [9.17, 15) is 32.9 Å². The number of hydrogen-bond acceptors (Lipinski definition) is 7. The lowest BCUT2D eigenvalue weighted by Crippen LogP contribution is -2.45. The van der Waals surface area contributed by atoms with Crippen molar-refractivity contribution in [3.63, 3.8) is 0 Å². The summed E-state index contributed by atoms with van der Waals surface area (Å²) in [5, 5.41) is 12.0. The third kappa shape index (κ3) is 6.41. The van der Waals surface area contributed by atoms with Gasteiger partial charge in [0.05, 0.1) is 22.1 Å². The van der Waals surface area contributed by atoms with Gasteiger partial charge in [-0.3, -0.25) is 19.7 Å². The Labute approximate surface area is 274 Å². The molecule has 13 heteroatoms. The number of alkyl halides is 3. The minimum absolute atomic E-state index is 0.102. The molecule has 2 aromatic carbocycles. The van der Waals surface area contributed by atoms with Crippen LogP contribution in [-0.4, -0.2) is 41.7 Å². The number of nitro benzene ring substituents is 1. The third-order valence-corrected chi connectivity index (χ3v) is 9.08. The number of nitrogens with zero attached hydrogens (tertiary/aromatic N) is 2. The molecule has 1 heterocycles. The van der Waals surface area contributed by atoms with E-state index in [2.05, 4.69) is 0 Å². The van der Waals surface area contributed by atoms with Crippen molar-refractivity contribution < 1.29 is 37.2 Å². The second-order valence-electron chi connectivity index (χ2n) is 13.5. The standard InChI is InChI=1S/C33H33Cl2F3N2O6/c1-31(2)13-22-28(24(41)15-31)27(29-23(39(22)8-9-45-5)14-32(3,4)16-25(29)42)19-11-18(34)12-20(35)30(19)46-26-7-6-17(33(36,37)38)10-21(26)40(43)44/h6-7,10-12,27H,8-9,13-16H2,1-5H3. The summed E-state index contributed by atoms with van der Waals surface area (Å²) < 4.78 is 51.7. The number of methoxy groups -OCH3 is 1. The molecule has 0 bridgehead atoms. The number of ether oxygens (including phenoxy) is 2. The van der Waals surface area contributed by atoms with Gasteiger partial charge in [-0.05, 0) is 47.9 Å². The molecule has 46 heavy (non-hydrogen) atoms. The molecule has 0 N–H and O–H groups in total. The third-order valence-electron chi connectivity index (χ3n) is 8.58. The minimum atomic E-state index is -4.83. The normalized spacial score (nSPS) is 19.7. The van der Waals surface area contributed by atoms with E-state index in [4.69, 9.17) is 32.7 Å². The smallest absolute Gasteiger partial charge is 0.416 e. The van der Waals surface area contributed by atoms with E-state index in [0.29, 0.717) is 49.3 Å². The number of carbonyl (C=O) groups excluding carboxylic acids is 2. The molecule has 1 aliphatic heterocycles. The van der Waals surface area contributed by atoms with Crippen LogP contribution < -0.4 is 4.74 Å². The molecule has 0 amide bonds. The number of nitro groups is 1. The Morgan fingerprint density at radius 2 is 1.52 bits per heavy atom. The van der Waals surface area contributed by atoms with Gasteiger partial charge >= 0.3 is 11.9 Å². The van der Waals surface area contributed by atoms with Crippen molar-refractivity contribution in [1.29, 1.82) is 0 Å². The molecule has 0 spiro atoms. The Kier molecular flexibility index (Phi) is 8.85. The summed E-state index contributed by atoms with van der Waals surface area (Å²) in [4.78, 5) is 41.2. The molecule has 0 fully saturated rings. The van der Waals surface area contributed by atoms with E-state index in [0.717, 1.165) is 17.5 Å². The van der Waals surface area contributed by atoms with Crippen LogP contribution in [0.3, 0.4) is 0 Å². The molecule has 0 atom stereocenters. The second kappa shape index (κ2) is 12.0. The fourth-order valence-electron chi connectivity index (χ4n) is 6.75. The van der Waals surface area contributed by atoms with E-state index in [-0.39, 0.29) is 45.8 Å². The highest BCUT2D eigenvalue weighted by molar-refractivity contribution is 6.35.